The number of thioether (sulfide) groups is 1. The summed E-state index contributed by atoms with van der Waals surface area (Å²) in [4.78, 5) is 19.4. The second-order valence-electron chi connectivity index (χ2n) is 7.18. The third-order valence-corrected chi connectivity index (χ3v) is 6.41. The fourth-order valence-corrected chi connectivity index (χ4v) is 4.66. The van der Waals surface area contributed by atoms with Crippen LogP contribution in [0.25, 0.3) is 0 Å². The van der Waals surface area contributed by atoms with Crippen molar-refractivity contribution in [2.75, 3.05) is 59.7 Å². The summed E-state index contributed by atoms with van der Waals surface area (Å²) in [5, 5.41) is 0. The topological polar surface area (TPSA) is 45.2 Å². The van der Waals surface area contributed by atoms with Crippen molar-refractivity contribution in [3.63, 3.8) is 0 Å². The number of carbonyl (C=O) groups is 1. The summed E-state index contributed by atoms with van der Waals surface area (Å²) in [5.41, 5.74) is 0.603. The highest BCUT2D eigenvalue weighted by molar-refractivity contribution is 8.26. The van der Waals surface area contributed by atoms with Crippen molar-refractivity contribution in [3.05, 3.63) is 46.8 Å². The maximum atomic E-state index is 14.2. The van der Waals surface area contributed by atoms with Crippen molar-refractivity contribution in [1.82, 2.24) is 14.7 Å². The van der Waals surface area contributed by atoms with Crippen LogP contribution in [0, 0.1) is 5.82 Å². The standard InChI is InChI=1S/C21H28FN3O3S2/c1-27-12-4-7-25-20(26)19(30-21(25)29)16-24(9-8-23-10-13-28-14-11-23)15-17-5-2-3-6-18(17)22/h2-3,5-6,16H,4,7-15H2,1H3. The Bertz CT molecular complexity index is 772. The molecular weight excluding hydrogens is 425 g/mol. The van der Waals surface area contributed by atoms with Gasteiger partial charge in [0, 0.05) is 64.7 Å². The molecule has 0 radical (unpaired) electrons. The maximum absolute atomic E-state index is 14.2. The predicted molar refractivity (Wildman–Crippen MR) is 121 cm³/mol. The first-order valence-corrected chi connectivity index (χ1v) is 11.3. The van der Waals surface area contributed by atoms with E-state index in [0.717, 1.165) is 39.3 Å². The van der Waals surface area contributed by atoms with E-state index in [0.29, 0.717) is 41.0 Å². The van der Waals surface area contributed by atoms with E-state index in [1.165, 1.54) is 17.8 Å². The van der Waals surface area contributed by atoms with E-state index >= 15 is 0 Å². The Morgan fingerprint density at radius 3 is 2.80 bits per heavy atom. The number of rotatable bonds is 10. The van der Waals surface area contributed by atoms with Gasteiger partial charge in [0.15, 0.2) is 0 Å². The number of hydrogen-bond donors (Lipinski definition) is 0. The SMILES string of the molecule is COCCCN1C(=O)C(=CN(CCN2CCOCC2)Cc2ccccc2F)SC1=S. The molecule has 0 bridgehead atoms. The lowest BCUT2D eigenvalue weighted by molar-refractivity contribution is -0.122. The number of nitrogens with zero attached hydrogens (tertiary/aromatic N) is 3. The third-order valence-electron chi connectivity index (χ3n) is 5.04. The summed E-state index contributed by atoms with van der Waals surface area (Å²) < 4.78 is 25.3. The smallest absolute Gasteiger partial charge is 0.267 e. The minimum absolute atomic E-state index is 0.0917. The van der Waals surface area contributed by atoms with Gasteiger partial charge in [-0.3, -0.25) is 14.6 Å². The first kappa shape index (κ1) is 23.1. The minimum Gasteiger partial charge on any atom is -0.385 e. The molecule has 2 aliphatic heterocycles. The largest absolute Gasteiger partial charge is 0.385 e. The first-order chi connectivity index (χ1) is 14.6. The average Bonchev–Trinajstić information content (AvgIpc) is 3.02. The van der Waals surface area contributed by atoms with Gasteiger partial charge in [0.2, 0.25) is 0 Å². The second-order valence-corrected chi connectivity index (χ2v) is 8.86. The van der Waals surface area contributed by atoms with Gasteiger partial charge < -0.3 is 14.4 Å². The Balaban J connectivity index is 1.71. The zero-order chi connectivity index (χ0) is 21.3. The van der Waals surface area contributed by atoms with Crippen molar-refractivity contribution in [3.8, 4) is 0 Å². The van der Waals surface area contributed by atoms with Crippen LogP contribution in [0.2, 0.25) is 0 Å². The predicted octanol–water partition coefficient (Wildman–Crippen LogP) is 2.70. The molecule has 1 aromatic rings. The maximum Gasteiger partial charge on any atom is 0.267 e. The highest BCUT2D eigenvalue weighted by atomic mass is 32.2. The number of methoxy groups -OCH3 is 1. The molecule has 9 heteroatoms. The van der Waals surface area contributed by atoms with Crippen LogP contribution in [0.4, 0.5) is 4.39 Å². The lowest BCUT2D eigenvalue weighted by Crippen LogP contribution is -2.40. The number of ether oxygens (including phenoxy) is 2. The van der Waals surface area contributed by atoms with Gasteiger partial charge in [0.1, 0.15) is 10.1 Å². The molecule has 0 unspecified atom stereocenters. The molecule has 0 N–H and O–H groups in total. The first-order valence-electron chi connectivity index (χ1n) is 10.1. The van der Waals surface area contributed by atoms with Gasteiger partial charge in [-0.15, -0.1) is 0 Å². The van der Waals surface area contributed by atoms with Gasteiger partial charge >= 0.3 is 0 Å². The Labute approximate surface area is 187 Å². The van der Waals surface area contributed by atoms with E-state index in [2.05, 4.69) is 4.90 Å². The van der Waals surface area contributed by atoms with Crippen molar-refractivity contribution >= 4 is 34.2 Å². The fourth-order valence-electron chi connectivity index (χ4n) is 3.35. The summed E-state index contributed by atoms with van der Waals surface area (Å²) in [6, 6.07) is 6.75. The van der Waals surface area contributed by atoms with Crippen molar-refractivity contribution < 1.29 is 18.7 Å². The number of hydrogen-bond acceptors (Lipinski definition) is 7. The summed E-state index contributed by atoms with van der Waals surface area (Å²) in [5.74, 6) is -0.333. The number of morpholine rings is 1. The van der Waals surface area contributed by atoms with Crippen LogP contribution in [-0.4, -0.2) is 84.6 Å². The molecule has 0 atom stereocenters. The lowest BCUT2D eigenvalue weighted by Gasteiger charge is -2.29. The van der Waals surface area contributed by atoms with E-state index in [1.807, 2.05) is 17.2 Å². The van der Waals surface area contributed by atoms with Crippen LogP contribution >= 0.6 is 24.0 Å². The van der Waals surface area contributed by atoms with Crippen LogP contribution < -0.4 is 0 Å². The van der Waals surface area contributed by atoms with Crippen molar-refractivity contribution in [2.24, 2.45) is 0 Å². The lowest BCUT2D eigenvalue weighted by atomic mass is 10.2. The molecule has 2 aliphatic rings. The van der Waals surface area contributed by atoms with Crippen LogP contribution in [0.15, 0.2) is 35.4 Å². The molecule has 3 rings (SSSR count). The zero-order valence-electron chi connectivity index (χ0n) is 17.2. The van der Waals surface area contributed by atoms with E-state index < -0.39 is 0 Å². The van der Waals surface area contributed by atoms with Crippen LogP contribution in [0.5, 0.6) is 0 Å². The van der Waals surface area contributed by atoms with Crippen molar-refractivity contribution in [2.45, 2.75) is 13.0 Å². The van der Waals surface area contributed by atoms with Gasteiger partial charge in [-0.2, -0.15) is 0 Å². The van der Waals surface area contributed by atoms with Crippen LogP contribution in [-0.2, 0) is 20.8 Å². The van der Waals surface area contributed by atoms with Crippen LogP contribution in [0.1, 0.15) is 12.0 Å². The molecule has 2 saturated heterocycles. The molecule has 2 fully saturated rings. The monoisotopic (exact) mass is 453 g/mol. The fraction of sp³-hybridized carbons (Fsp3) is 0.524. The van der Waals surface area contributed by atoms with E-state index in [-0.39, 0.29) is 11.7 Å². The molecule has 0 aliphatic carbocycles. The Morgan fingerprint density at radius 1 is 1.30 bits per heavy atom. The zero-order valence-corrected chi connectivity index (χ0v) is 18.9. The van der Waals surface area contributed by atoms with Crippen molar-refractivity contribution in [1.29, 1.82) is 0 Å². The third kappa shape index (κ3) is 6.49. The molecule has 6 nitrogen and oxygen atoms in total. The number of thiocarbonyl (C=S) groups is 1. The Kier molecular flexibility index (Phi) is 9.07. The minimum atomic E-state index is -0.241. The molecule has 0 saturated carbocycles. The molecule has 30 heavy (non-hydrogen) atoms. The van der Waals surface area contributed by atoms with Crippen LogP contribution in [0.3, 0.4) is 0 Å². The second kappa shape index (κ2) is 11.8. The highest BCUT2D eigenvalue weighted by Crippen LogP contribution is 2.31. The number of benzene rings is 1. The summed E-state index contributed by atoms with van der Waals surface area (Å²) >= 11 is 6.70. The van der Waals surface area contributed by atoms with E-state index in [4.69, 9.17) is 21.7 Å². The number of halogens is 1. The van der Waals surface area contributed by atoms with Gasteiger partial charge in [0.25, 0.3) is 5.91 Å². The Hall–Kier alpha value is -1.52. The Morgan fingerprint density at radius 2 is 2.07 bits per heavy atom. The van der Waals surface area contributed by atoms with Gasteiger partial charge in [-0.25, -0.2) is 4.39 Å². The number of amides is 1. The highest BCUT2D eigenvalue weighted by Gasteiger charge is 2.32. The summed E-state index contributed by atoms with van der Waals surface area (Å²) in [7, 11) is 1.64. The van der Waals surface area contributed by atoms with Gasteiger partial charge in [-0.05, 0) is 12.5 Å². The summed E-state index contributed by atoms with van der Waals surface area (Å²) in [6.07, 6.45) is 2.56. The number of carbonyl (C=O) groups excluding carboxylic acids is 1. The van der Waals surface area contributed by atoms with Gasteiger partial charge in [0.05, 0.1) is 18.1 Å². The molecule has 1 amide bonds. The average molecular weight is 454 g/mol. The van der Waals surface area contributed by atoms with E-state index in [9.17, 15) is 9.18 Å². The molecule has 164 valence electrons. The normalized spacial score (nSPS) is 19.1. The quantitative estimate of drug-likeness (QED) is 0.307. The summed E-state index contributed by atoms with van der Waals surface area (Å²) in [6.45, 7) is 6.24. The molecular formula is C21H28FN3O3S2. The molecule has 2 heterocycles. The molecule has 1 aromatic carbocycles. The molecule has 0 aromatic heterocycles. The van der Waals surface area contributed by atoms with Gasteiger partial charge in [-0.1, -0.05) is 42.2 Å². The molecule has 0 spiro atoms. The van der Waals surface area contributed by atoms with E-state index in [1.54, 1.807) is 24.1 Å².